The Kier molecular flexibility index (Phi) is 4.63. The molecule has 0 amide bonds. The highest BCUT2D eigenvalue weighted by Gasteiger charge is 2.08. The maximum atomic E-state index is 5.91. The van der Waals surface area contributed by atoms with Crippen molar-refractivity contribution in [2.24, 2.45) is 0 Å². The van der Waals surface area contributed by atoms with Gasteiger partial charge in [-0.2, -0.15) is 4.98 Å². The van der Waals surface area contributed by atoms with Crippen LogP contribution in [0.2, 0.25) is 0 Å². The van der Waals surface area contributed by atoms with Crippen LogP contribution in [0.4, 0.5) is 5.95 Å². The third-order valence-electron chi connectivity index (χ3n) is 2.54. The van der Waals surface area contributed by atoms with Gasteiger partial charge in [0.1, 0.15) is 5.75 Å². The van der Waals surface area contributed by atoms with Gasteiger partial charge in [0, 0.05) is 23.2 Å². The molecule has 100 valence electrons. The van der Waals surface area contributed by atoms with Crippen LogP contribution in [0.15, 0.2) is 35.4 Å². The van der Waals surface area contributed by atoms with Crippen LogP contribution in [-0.4, -0.2) is 22.8 Å². The van der Waals surface area contributed by atoms with Gasteiger partial charge in [0.25, 0.3) is 0 Å². The van der Waals surface area contributed by atoms with Gasteiger partial charge in [0.15, 0.2) is 0 Å². The van der Waals surface area contributed by atoms with Gasteiger partial charge >= 0.3 is 0 Å². The fourth-order valence-electron chi connectivity index (χ4n) is 1.58. The Hall–Kier alpha value is -1.75. The summed E-state index contributed by atoms with van der Waals surface area (Å²) in [5.74, 6) is 2.00. The molecule has 4 nitrogen and oxygen atoms in total. The molecule has 0 radical (unpaired) electrons. The van der Waals surface area contributed by atoms with Crippen LogP contribution in [-0.2, 0) is 0 Å². The van der Waals surface area contributed by atoms with E-state index in [1.807, 2.05) is 44.4 Å². The molecule has 2 rings (SSSR count). The summed E-state index contributed by atoms with van der Waals surface area (Å²) in [4.78, 5) is 9.67. The lowest BCUT2D eigenvalue weighted by Gasteiger charge is -2.11. The van der Waals surface area contributed by atoms with E-state index in [1.54, 1.807) is 18.0 Å². The molecule has 1 aromatic heterocycles. The summed E-state index contributed by atoms with van der Waals surface area (Å²) >= 11 is 1.65. The van der Waals surface area contributed by atoms with Crippen molar-refractivity contribution in [1.82, 2.24) is 9.97 Å². The fourth-order valence-corrected chi connectivity index (χ4v) is 2.11. The number of nitrogens with zero attached hydrogens (tertiary/aromatic N) is 2. The first-order chi connectivity index (χ1) is 9.24. The number of nitrogens with one attached hydrogen (secondary N) is 1. The van der Waals surface area contributed by atoms with Crippen molar-refractivity contribution in [3.63, 3.8) is 0 Å². The number of aryl methyl sites for hydroxylation is 1. The van der Waals surface area contributed by atoms with Gasteiger partial charge < -0.3 is 10.1 Å². The second-order valence-electron chi connectivity index (χ2n) is 3.97. The minimum atomic E-state index is 0.588. The molecule has 0 atom stereocenters. The van der Waals surface area contributed by atoms with Crippen LogP contribution in [0.1, 0.15) is 12.5 Å². The van der Waals surface area contributed by atoms with Crippen molar-refractivity contribution >= 4 is 17.7 Å². The van der Waals surface area contributed by atoms with Gasteiger partial charge in [-0.3, -0.25) is 0 Å². The number of ether oxygens (including phenoxy) is 1. The number of thioether (sulfide) groups is 1. The summed E-state index contributed by atoms with van der Waals surface area (Å²) in [5.41, 5.74) is 0.914. The Morgan fingerprint density at radius 1 is 1.32 bits per heavy atom. The van der Waals surface area contributed by atoms with Gasteiger partial charge in [-0.1, -0.05) is 12.1 Å². The lowest BCUT2D eigenvalue weighted by Crippen LogP contribution is -2.03. The Bertz CT molecular complexity index is 560. The number of anilines is 1. The van der Waals surface area contributed by atoms with Crippen molar-refractivity contribution < 1.29 is 4.74 Å². The number of benzene rings is 1. The molecule has 5 heteroatoms. The first kappa shape index (κ1) is 13.7. The first-order valence-electron chi connectivity index (χ1n) is 6.13. The van der Waals surface area contributed by atoms with E-state index < -0.39 is 0 Å². The summed E-state index contributed by atoms with van der Waals surface area (Å²) in [5, 5.41) is 3.08. The Morgan fingerprint density at radius 2 is 2.11 bits per heavy atom. The van der Waals surface area contributed by atoms with E-state index in [4.69, 9.17) is 4.74 Å². The monoisotopic (exact) mass is 275 g/mol. The van der Waals surface area contributed by atoms with Crippen LogP contribution >= 0.6 is 11.8 Å². The van der Waals surface area contributed by atoms with E-state index in [1.165, 1.54) is 0 Å². The maximum absolute atomic E-state index is 5.91. The van der Waals surface area contributed by atoms with E-state index in [0.29, 0.717) is 11.8 Å². The highest BCUT2D eigenvalue weighted by molar-refractivity contribution is 7.98. The summed E-state index contributed by atoms with van der Waals surface area (Å²) in [6.45, 7) is 4.73. The SMILES string of the molecule is CCNc1ncc(C)c(Oc2ccccc2SC)n1. The molecule has 1 aromatic carbocycles. The molecule has 0 saturated carbocycles. The Morgan fingerprint density at radius 3 is 2.84 bits per heavy atom. The number of rotatable bonds is 5. The lowest BCUT2D eigenvalue weighted by atomic mass is 10.3. The summed E-state index contributed by atoms with van der Waals surface area (Å²) < 4.78 is 5.91. The van der Waals surface area contributed by atoms with Crippen LogP contribution in [0, 0.1) is 6.92 Å². The third-order valence-corrected chi connectivity index (χ3v) is 3.31. The van der Waals surface area contributed by atoms with Crippen LogP contribution in [0.3, 0.4) is 0 Å². The number of aromatic nitrogens is 2. The zero-order chi connectivity index (χ0) is 13.7. The van der Waals surface area contributed by atoms with E-state index in [2.05, 4.69) is 15.3 Å². The maximum Gasteiger partial charge on any atom is 0.227 e. The minimum absolute atomic E-state index is 0.588. The second-order valence-corrected chi connectivity index (χ2v) is 4.81. The molecule has 0 aliphatic carbocycles. The third kappa shape index (κ3) is 3.38. The average Bonchev–Trinajstić information content (AvgIpc) is 2.43. The summed E-state index contributed by atoms with van der Waals surface area (Å²) in [6, 6.07) is 7.93. The summed E-state index contributed by atoms with van der Waals surface area (Å²) in [6.07, 6.45) is 3.79. The molecule has 0 unspecified atom stereocenters. The van der Waals surface area contributed by atoms with Crippen molar-refractivity contribution in [2.45, 2.75) is 18.7 Å². The van der Waals surface area contributed by atoms with E-state index in [-0.39, 0.29) is 0 Å². The predicted molar refractivity (Wildman–Crippen MR) is 79.2 cm³/mol. The standard InChI is InChI=1S/C14H17N3OS/c1-4-15-14-16-9-10(2)13(17-14)18-11-7-5-6-8-12(11)19-3/h5-9H,4H2,1-3H3,(H,15,16,17). The van der Waals surface area contributed by atoms with Gasteiger partial charge in [0.05, 0.1) is 0 Å². The van der Waals surface area contributed by atoms with Gasteiger partial charge in [-0.25, -0.2) is 4.98 Å². The smallest absolute Gasteiger partial charge is 0.227 e. The van der Waals surface area contributed by atoms with Crippen molar-refractivity contribution in [1.29, 1.82) is 0 Å². The van der Waals surface area contributed by atoms with E-state index in [0.717, 1.165) is 22.8 Å². The number of hydrogen-bond acceptors (Lipinski definition) is 5. The zero-order valence-electron chi connectivity index (χ0n) is 11.3. The average molecular weight is 275 g/mol. The molecule has 0 spiro atoms. The second kappa shape index (κ2) is 6.43. The van der Waals surface area contributed by atoms with Crippen molar-refractivity contribution in [3.05, 3.63) is 36.0 Å². The molecular weight excluding hydrogens is 258 g/mol. The van der Waals surface area contributed by atoms with Gasteiger partial charge in [-0.15, -0.1) is 11.8 Å². The zero-order valence-corrected chi connectivity index (χ0v) is 12.1. The predicted octanol–water partition coefficient (Wildman–Crippen LogP) is 3.73. The number of para-hydroxylation sites is 1. The van der Waals surface area contributed by atoms with E-state index >= 15 is 0 Å². The Labute approximate surface area is 117 Å². The molecule has 1 N–H and O–H groups in total. The lowest BCUT2D eigenvalue weighted by molar-refractivity contribution is 0.448. The molecule has 0 bridgehead atoms. The number of hydrogen-bond donors (Lipinski definition) is 1. The van der Waals surface area contributed by atoms with Crippen molar-refractivity contribution in [3.8, 4) is 11.6 Å². The molecule has 0 aliphatic rings. The van der Waals surface area contributed by atoms with Crippen LogP contribution in [0.25, 0.3) is 0 Å². The van der Waals surface area contributed by atoms with E-state index in [9.17, 15) is 0 Å². The van der Waals surface area contributed by atoms with Crippen LogP contribution < -0.4 is 10.1 Å². The van der Waals surface area contributed by atoms with Gasteiger partial charge in [-0.05, 0) is 32.2 Å². The molecule has 2 aromatic rings. The Balaban J connectivity index is 2.29. The topological polar surface area (TPSA) is 47.0 Å². The fraction of sp³-hybridized carbons (Fsp3) is 0.286. The van der Waals surface area contributed by atoms with Crippen LogP contribution in [0.5, 0.6) is 11.6 Å². The largest absolute Gasteiger partial charge is 0.437 e. The summed E-state index contributed by atoms with van der Waals surface area (Å²) in [7, 11) is 0. The normalized spacial score (nSPS) is 10.3. The molecule has 1 heterocycles. The molecule has 0 aliphatic heterocycles. The molecule has 0 fully saturated rings. The van der Waals surface area contributed by atoms with Crippen molar-refractivity contribution in [2.75, 3.05) is 18.1 Å². The van der Waals surface area contributed by atoms with Gasteiger partial charge in [0.2, 0.25) is 11.8 Å². The highest BCUT2D eigenvalue weighted by Crippen LogP contribution is 2.31. The molecular formula is C14H17N3OS. The highest BCUT2D eigenvalue weighted by atomic mass is 32.2. The molecule has 0 saturated heterocycles. The molecule has 19 heavy (non-hydrogen) atoms. The quantitative estimate of drug-likeness (QED) is 0.842. The minimum Gasteiger partial charge on any atom is -0.437 e. The first-order valence-corrected chi connectivity index (χ1v) is 7.35.